The Labute approximate surface area is 148 Å². The summed E-state index contributed by atoms with van der Waals surface area (Å²) < 4.78 is 14.4. The molecule has 0 aromatic heterocycles. The third kappa shape index (κ3) is 4.64. The van der Waals surface area contributed by atoms with E-state index >= 15 is 0 Å². The van der Waals surface area contributed by atoms with Crippen LogP contribution >= 0.6 is 15.9 Å². The minimum Gasteiger partial charge on any atom is -0.345 e. The van der Waals surface area contributed by atoms with Crippen LogP contribution in [0.4, 0.5) is 10.1 Å². The first-order valence-electron chi connectivity index (χ1n) is 7.56. The normalized spacial score (nSPS) is 11.7. The minimum atomic E-state index is -0.569. The van der Waals surface area contributed by atoms with Crippen LogP contribution in [0.15, 0.2) is 46.9 Å². The van der Waals surface area contributed by atoms with Crippen molar-refractivity contribution >= 4 is 33.4 Å². The first kappa shape index (κ1) is 18.1. The van der Waals surface area contributed by atoms with E-state index in [0.717, 1.165) is 5.56 Å². The van der Waals surface area contributed by atoms with E-state index in [0.29, 0.717) is 16.6 Å². The molecule has 24 heavy (non-hydrogen) atoms. The van der Waals surface area contributed by atoms with Gasteiger partial charge in [0.05, 0.1) is 11.6 Å². The predicted octanol–water partition coefficient (Wildman–Crippen LogP) is 4.43. The molecule has 4 nitrogen and oxygen atoms in total. The lowest BCUT2D eigenvalue weighted by Gasteiger charge is -2.15. The first-order valence-corrected chi connectivity index (χ1v) is 8.35. The molecule has 0 radical (unpaired) electrons. The van der Waals surface area contributed by atoms with Crippen LogP contribution in [-0.4, -0.2) is 11.8 Å². The van der Waals surface area contributed by atoms with E-state index in [4.69, 9.17) is 0 Å². The van der Waals surface area contributed by atoms with Gasteiger partial charge >= 0.3 is 0 Å². The zero-order valence-corrected chi connectivity index (χ0v) is 15.0. The number of hydrogen-bond acceptors (Lipinski definition) is 2. The zero-order valence-electron chi connectivity index (χ0n) is 13.4. The number of benzene rings is 2. The topological polar surface area (TPSA) is 58.2 Å². The van der Waals surface area contributed by atoms with Gasteiger partial charge in [0.1, 0.15) is 5.82 Å². The highest BCUT2D eigenvalue weighted by Gasteiger charge is 2.15. The SMILES string of the molecule is CCC(=O)Nc1ccc(C(C)NC(=O)c2cc(Br)ccc2F)cc1. The van der Waals surface area contributed by atoms with Crippen molar-refractivity contribution in [3.63, 3.8) is 0 Å². The molecule has 2 amide bonds. The maximum absolute atomic E-state index is 13.8. The number of hydrogen-bond donors (Lipinski definition) is 2. The Balaban J connectivity index is 2.06. The van der Waals surface area contributed by atoms with Gasteiger partial charge in [0, 0.05) is 16.6 Å². The summed E-state index contributed by atoms with van der Waals surface area (Å²) in [4.78, 5) is 23.6. The second kappa shape index (κ2) is 8.06. The average molecular weight is 393 g/mol. The minimum absolute atomic E-state index is 0.0111. The van der Waals surface area contributed by atoms with Crippen LogP contribution in [0, 0.1) is 5.82 Å². The number of nitrogens with one attached hydrogen (secondary N) is 2. The molecule has 0 spiro atoms. The van der Waals surface area contributed by atoms with E-state index in [1.807, 2.05) is 19.1 Å². The van der Waals surface area contributed by atoms with Crippen molar-refractivity contribution in [1.29, 1.82) is 0 Å². The van der Waals surface area contributed by atoms with Crippen molar-refractivity contribution in [1.82, 2.24) is 5.32 Å². The van der Waals surface area contributed by atoms with E-state index < -0.39 is 11.7 Å². The van der Waals surface area contributed by atoms with E-state index in [2.05, 4.69) is 26.6 Å². The molecule has 2 aromatic rings. The molecule has 1 atom stereocenters. The number of halogens is 2. The molecule has 0 saturated heterocycles. The quantitative estimate of drug-likeness (QED) is 0.790. The predicted molar refractivity (Wildman–Crippen MR) is 95.3 cm³/mol. The van der Waals surface area contributed by atoms with Crippen molar-refractivity contribution in [2.75, 3.05) is 5.32 Å². The number of anilines is 1. The van der Waals surface area contributed by atoms with Crippen LogP contribution in [0.3, 0.4) is 0 Å². The number of rotatable bonds is 5. The molecule has 2 aromatic carbocycles. The van der Waals surface area contributed by atoms with Gasteiger partial charge < -0.3 is 10.6 Å². The maximum atomic E-state index is 13.8. The molecule has 0 aliphatic heterocycles. The molecule has 2 rings (SSSR count). The van der Waals surface area contributed by atoms with Gasteiger partial charge in [0.15, 0.2) is 0 Å². The Hall–Kier alpha value is -2.21. The maximum Gasteiger partial charge on any atom is 0.254 e. The Bertz CT molecular complexity index is 747. The van der Waals surface area contributed by atoms with E-state index in [1.165, 1.54) is 12.1 Å². The lowest BCUT2D eigenvalue weighted by molar-refractivity contribution is -0.115. The van der Waals surface area contributed by atoms with Gasteiger partial charge in [0.2, 0.25) is 5.91 Å². The molecule has 0 bridgehead atoms. The van der Waals surface area contributed by atoms with E-state index in [1.54, 1.807) is 25.1 Å². The second-order valence-electron chi connectivity index (χ2n) is 5.34. The standard InChI is InChI=1S/C18H18BrFN2O2/c1-3-17(23)22-14-7-4-12(5-8-14)11(2)21-18(24)15-10-13(19)6-9-16(15)20/h4-11H,3H2,1-2H3,(H,21,24)(H,22,23). The summed E-state index contributed by atoms with van der Waals surface area (Å²) in [5.74, 6) is -1.11. The fourth-order valence-electron chi connectivity index (χ4n) is 2.13. The summed E-state index contributed by atoms with van der Waals surface area (Å²) >= 11 is 3.23. The van der Waals surface area contributed by atoms with E-state index in [-0.39, 0.29) is 17.5 Å². The zero-order chi connectivity index (χ0) is 17.7. The Kier molecular flexibility index (Phi) is 6.09. The highest BCUT2D eigenvalue weighted by atomic mass is 79.9. The molecule has 2 N–H and O–H groups in total. The van der Waals surface area contributed by atoms with Crippen molar-refractivity contribution in [2.24, 2.45) is 0 Å². The first-order chi connectivity index (χ1) is 11.4. The van der Waals surface area contributed by atoms with Gasteiger partial charge in [-0.2, -0.15) is 0 Å². The summed E-state index contributed by atoms with van der Waals surface area (Å²) in [6.45, 7) is 3.59. The average Bonchev–Trinajstić information content (AvgIpc) is 2.57. The Morgan fingerprint density at radius 2 is 1.83 bits per heavy atom. The third-order valence-electron chi connectivity index (χ3n) is 3.54. The Morgan fingerprint density at radius 3 is 2.46 bits per heavy atom. The van der Waals surface area contributed by atoms with Crippen LogP contribution < -0.4 is 10.6 Å². The molecule has 0 heterocycles. The fourth-order valence-corrected chi connectivity index (χ4v) is 2.49. The van der Waals surface area contributed by atoms with Crippen LogP contribution in [0.2, 0.25) is 0 Å². The lowest BCUT2D eigenvalue weighted by atomic mass is 10.1. The van der Waals surface area contributed by atoms with E-state index in [9.17, 15) is 14.0 Å². The number of carbonyl (C=O) groups is 2. The van der Waals surface area contributed by atoms with Gasteiger partial charge in [-0.15, -0.1) is 0 Å². The molecule has 0 saturated carbocycles. The monoisotopic (exact) mass is 392 g/mol. The largest absolute Gasteiger partial charge is 0.345 e. The van der Waals surface area contributed by atoms with Crippen molar-refractivity contribution in [3.05, 3.63) is 63.9 Å². The summed E-state index contributed by atoms with van der Waals surface area (Å²) in [5, 5.41) is 5.52. The Morgan fingerprint density at radius 1 is 1.17 bits per heavy atom. The highest BCUT2D eigenvalue weighted by molar-refractivity contribution is 9.10. The summed E-state index contributed by atoms with van der Waals surface area (Å²) in [6.07, 6.45) is 0.409. The van der Waals surface area contributed by atoms with Crippen LogP contribution in [0.25, 0.3) is 0 Å². The molecular weight excluding hydrogens is 375 g/mol. The van der Waals surface area contributed by atoms with Gasteiger partial charge in [-0.1, -0.05) is 35.0 Å². The van der Waals surface area contributed by atoms with Gasteiger partial charge in [0.25, 0.3) is 5.91 Å². The summed E-state index contributed by atoms with van der Waals surface area (Å²) in [6, 6.07) is 11.1. The van der Waals surface area contributed by atoms with Gasteiger partial charge in [-0.3, -0.25) is 9.59 Å². The summed E-state index contributed by atoms with van der Waals surface area (Å²) in [7, 11) is 0. The molecular formula is C18H18BrFN2O2. The summed E-state index contributed by atoms with van der Waals surface area (Å²) in [5.41, 5.74) is 1.54. The van der Waals surface area contributed by atoms with Crippen molar-refractivity contribution < 1.29 is 14.0 Å². The van der Waals surface area contributed by atoms with Crippen LogP contribution in [0.1, 0.15) is 42.2 Å². The van der Waals surface area contributed by atoms with Crippen molar-refractivity contribution in [2.45, 2.75) is 26.3 Å². The molecule has 6 heteroatoms. The smallest absolute Gasteiger partial charge is 0.254 e. The highest BCUT2D eigenvalue weighted by Crippen LogP contribution is 2.19. The molecule has 1 unspecified atom stereocenters. The molecule has 0 aliphatic carbocycles. The van der Waals surface area contributed by atoms with Crippen molar-refractivity contribution in [3.8, 4) is 0 Å². The fraction of sp³-hybridized carbons (Fsp3) is 0.222. The molecule has 126 valence electrons. The van der Waals surface area contributed by atoms with Gasteiger partial charge in [-0.25, -0.2) is 4.39 Å². The molecule has 0 fully saturated rings. The number of carbonyl (C=O) groups excluding carboxylic acids is 2. The third-order valence-corrected chi connectivity index (χ3v) is 4.03. The van der Waals surface area contributed by atoms with Gasteiger partial charge in [-0.05, 0) is 42.8 Å². The lowest BCUT2D eigenvalue weighted by Crippen LogP contribution is -2.27. The molecule has 0 aliphatic rings. The number of amides is 2. The van der Waals surface area contributed by atoms with Crippen LogP contribution in [-0.2, 0) is 4.79 Å². The van der Waals surface area contributed by atoms with Crippen LogP contribution in [0.5, 0.6) is 0 Å². The second-order valence-corrected chi connectivity index (χ2v) is 6.26.